The summed E-state index contributed by atoms with van der Waals surface area (Å²) in [6, 6.07) is 13.9. The van der Waals surface area contributed by atoms with Crippen molar-refractivity contribution in [2.24, 2.45) is 0 Å². The van der Waals surface area contributed by atoms with Gasteiger partial charge in [0, 0.05) is 36.5 Å². The Labute approximate surface area is 200 Å². The Morgan fingerprint density at radius 1 is 1.09 bits per heavy atom. The van der Waals surface area contributed by atoms with Gasteiger partial charge in [0.05, 0.1) is 17.9 Å². The van der Waals surface area contributed by atoms with Crippen LogP contribution in [0.15, 0.2) is 65.2 Å². The number of anilines is 1. The van der Waals surface area contributed by atoms with E-state index in [1.54, 1.807) is 12.1 Å². The maximum Gasteiger partial charge on any atom is 0.307 e. The second-order valence-electron chi connectivity index (χ2n) is 8.41. The molecule has 0 aliphatic carbocycles. The maximum atomic E-state index is 12.5. The summed E-state index contributed by atoms with van der Waals surface area (Å²) in [6.07, 6.45) is 1.30. The van der Waals surface area contributed by atoms with Gasteiger partial charge in [0.1, 0.15) is 5.75 Å². The fourth-order valence-corrected chi connectivity index (χ4v) is 4.96. The van der Waals surface area contributed by atoms with Crippen molar-refractivity contribution in [3.8, 4) is 5.75 Å². The Kier molecular flexibility index (Phi) is 7.78. The van der Waals surface area contributed by atoms with Gasteiger partial charge in [-0.3, -0.25) is 9.59 Å². The number of benzene rings is 2. The zero-order valence-corrected chi connectivity index (χ0v) is 20.6. The van der Waals surface area contributed by atoms with Crippen LogP contribution in [0.1, 0.15) is 32.8 Å². The highest BCUT2D eigenvalue weighted by Gasteiger charge is 2.38. The quantitative estimate of drug-likeness (QED) is 0.406. The summed E-state index contributed by atoms with van der Waals surface area (Å²) >= 11 is 0. The molecule has 0 atom stereocenters. The molecule has 0 saturated heterocycles. The van der Waals surface area contributed by atoms with Crippen molar-refractivity contribution in [2.45, 2.75) is 37.5 Å². The largest absolute Gasteiger partial charge is 0.494 e. The van der Waals surface area contributed by atoms with Gasteiger partial charge in [-0.05, 0) is 42.8 Å². The number of likely N-dealkylation sites (N-methyl/N-ethyl adjacent to an activating group) is 1. The van der Waals surface area contributed by atoms with E-state index in [0.29, 0.717) is 12.4 Å². The highest BCUT2D eigenvalue weighted by Crippen LogP contribution is 2.46. The summed E-state index contributed by atoms with van der Waals surface area (Å²) in [5, 5.41) is 0. The SMILES string of the molecule is CCOc1ccc(S(=O)(=O)NCCC(=O)OCC(=O)C=C2N(C)c3ccccc3C2(C)C)cc1. The molecule has 1 N–H and O–H groups in total. The van der Waals surface area contributed by atoms with Crippen LogP contribution >= 0.6 is 0 Å². The van der Waals surface area contributed by atoms with Gasteiger partial charge in [-0.1, -0.05) is 32.0 Å². The van der Waals surface area contributed by atoms with E-state index in [4.69, 9.17) is 9.47 Å². The molecule has 0 unspecified atom stereocenters. The van der Waals surface area contributed by atoms with Crippen LogP contribution in [0.2, 0.25) is 0 Å². The molecule has 0 bridgehead atoms. The van der Waals surface area contributed by atoms with Crippen molar-refractivity contribution in [1.82, 2.24) is 4.72 Å². The molecule has 0 radical (unpaired) electrons. The predicted octanol–water partition coefficient (Wildman–Crippen LogP) is 3.18. The van der Waals surface area contributed by atoms with Crippen LogP contribution in [0.5, 0.6) is 5.75 Å². The molecule has 34 heavy (non-hydrogen) atoms. The second-order valence-corrected chi connectivity index (χ2v) is 10.2. The maximum absolute atomic E-state index is 12.5. The van der Waals surface area contributed by atoms with E-state index >= 15 is 0 Å². The number of rotatable bonds is 10. The number of para-hydroxylation sites is 1. The highest BCUT2D eigenvalue weighted by molar-refractivity contribution is 7.89. The minimum Gasteiger partial charge on any atom is -0.494 e. The van der Waals surface area contributed by atoms with Gasteiger partial charge < -0.3 is 14.4 Å². The lowest BCUT2D eigenvalue weighted by Crippen LogP contribution is -2.27. The molecule has 1 aliphatic rings. The van der Waals surface area contributed by atoms with Crippen LogP contribution in [0.4, 0.5) is 5.69 Å². The lowest BCUT2D eigenvalue weighted by Gasteiger charge is -2.23. The Hall–Kier alpha value is -3.17. The van der Waals surface area contributed by atoms with Crippen LogP contribution < -0.4 is 14.4 Å². The van der Waals surface area contributed by atoms with Gasteiger partial charge in [-0.2, -0.15) is 0 Å². The number of ketones is 1. The molecule has 1 aliphatic heterocycles. The van der Waals surface area contributed by atoms with Crippen molar-refractivity contribution in [3.05, 3.63) is 65.9 Å². The van der Waals surface area contributed by atoms with E-state index in [1.807, 2.05) is 57.0 Å². The van der Waals surface area contributed by atoms with E-state index in [0.717, 1.165) is 16.9 Å². The fraction of sp³-hybridized carbons (Fsp3) is 0.360. The standard InChI is InChI=1S/C25H30N2O6S/c1-5-32-19-10-12-20(13-11-19)34(30,31)26-15-14-24(29)33-17-18(28)16-23-25(2,3)21-8-6-7-9-22(21)27(23)4/h6-13,16,26H,5,14-15,17H2,1-4H3. The summed E-state index contributed by atoms with van der Waals surface area (Å²) in [5.41, 5.74) is 2.61. The number of ether oxygens (including phenoxy) is 2. The average Bonchev–Trinajstić information content (AvgIpc) is 2.99. The van der Waals surface area contributed by atoms with Crippen LogP contribution in [-0.4, -0.2) is 47.0 Å². The van der Waals surface area contributed by atoms with Crippen molar-refractivity contribution < 1.29 is 27.5 Å². The first-order valence-corrected chi connectivity index (χ1v) is 12.5. The van der Waals surface area contributed by atoms with Crippen molar-refractivity contribution in [2.75, 3.05) is 31.7 Å². The normalized spacial score (nSPS) is 15.8. The number of allylic oxidation sites excluding steroid dienone is 1. The first-order valence-electron chi connectivity index (χ1n) is 11.0. The zero-order chi connectivity index (χ0) is 24.9. The van der Waals surface area contributed by atoms with Gasteiger partial charge in [0.15, 0.2) is 12.4 Å². The Morgan fingerprint density at radius 3 is 2.41 bits per heavy atom. The lowest BCUT2D eigenvalue weighted by molar-refractivity contribution is -0.146. The van der Waals surface area contributed by atoms with Crippen molar-refractivity contribution >= 4 is 27.5 Å². The Bertz CT molecular complexity index is 1190. The minimum absolute atomic E-state index is 0.0652. The number of esters is 1. The van der Waals surface area contributed by atoms with Crippen molar-refractivity contribution in [1.29, 1.82) is 0 Å². The Balaban J connectivity index is 1.49. The van der Waals surface area contributed by atoms with Crippen molar-refractivity contribution in [3.63, 3.8) is 0 Å². The lowest BCUT2D eigenvalue weighted by atomic mass is 9.83. The average molecular weight is 487 g/mol. The Morgan fingerprint density at radius 2 is 1.76 bits per heavy atom. The molecule has 2 aromatic rings. The number of carbonyl (C=O) groups excluding carboxylic acids is 2. The molecule has 0 spiro atoms. The van der Waals surface area contributed by atoms with E-state index < -0.39 is 22.6 Å². The third-order valence-electron chi connectivity index (χ3n) is 5.68. The first kappa shape index (κ1) is 25.5. The molecule has 0 saturated carbocycles. The summed E-state index contributed by atoms with van der Waals surface area (Å²) in [5.74, 6) is -0.435. The molecule has 3 rings (SSSR count). The number of sulfonamides is 1. The number of nitrogens with zero attached hydrogens (tertiary/aromatic N) is 1. The summed E-state index contributed by atoms with van der Waals surface area (Å²) in [7, 11) is -1.88. The molecule has 0 aromatic heterocycles. The summed E-state index contributed by atoms with van der Waals surface area (Å²) in [4.78, 5) is 26.5. The number of hydrogen-bond donors (Lipinski definition) is 1. The minimum atomic E-state index is -3.78. The first-order chi connectivity index (χ1) is 16.1. The van der Waals surface area contributed by atoms with Gasteiger partial charge in [-0.25, -0.2) is 13.1 Å². The highest BCUT2D eigenvalue weighted by atomic mass is 32.2. The molecule has 0 fully saturated rings. The zero-order valence-electron chi connectivity index (χ0n) is 19.8. The van der Waals surface area contributed by atoms with E-state index in [1.165, 1.54) is 18.2 Å². The molecule has 2 aromatic carbocycles. The molecular weight excluding hydrogens is 456 g/mol. The topological polar surface area (TPSA) is 102 Å². The molecule has 182 valence electrons. The number of hydrogen-bond acceptors (Lipinski definition) is 7. The van der Waals surface area contributed by atoms with Gasteiger partial charge in [0.2, 0.25) is 10.0 Å². The van der Waals surface area contributed by atoms with Gasteiger partial charge >= 0.3 is 5.97 Å². The monoisotopic (exact) mass is 486 g/mol. The molecule has 1 heterocycles. The van der Waals surface area contributed by atoms with Crippen LogP contribution in [0.25, 0.3) is 0 Å². The molecule has 8 nitrogen and oxygen atoms in total. The van der Waals surface area contributed by atoms with E-state index in [-0.39, 0.29) is 29.1 Å². The van der Waals surface area contributed by atoms with Crippen LogP contribution in [0.3, 0.4) is 0 Å². The predicted molar refractivity (Wildman–Crippen MR) is 129 cm³/mol. The smallest absolute Gasteiger partial charge is 0.307 e. The number of fused-ring (bicyclic) bond motifs is 1. The third kappa shape index (κ3) is 5.66. The van der Waals surface area contributed by atoms with Crippen LogP contribution in [0, 0.1) is 0 Å². The molecule has 9 heteroatoms. The third-order valence-corrected chi connectivity index (χ3v) is 7.16. The van der Waals surface area contributed by atoms with Crippen LogP contribution in [-0.2, 0) is 29.8 Å². The van der Waals surface area contributed by atoms with Gasteiger partial charge in [0.25, 0.3) is 0 Å². The second kappa shape index (κ2) is 10.4. The van der Waals surface area contributed by atoms with Gasteiger partial charge in [-0.15, -0.1) is 0 Å². The van der Waals surface area contributed by atoms with E-state index in [2.05, 4.69) is 4.72 Å². The summed E-state index contributed by atoms with van der Waals surface area (Å²) in [6.45, 7) is 5.84. The number of carbonyl (C=O) groups is 2. The fourth-order valence-electron chi connectivity index (χ4n) is 3.93. The molecule has 0 amide bonds. The molecular formula is C25H30N2O6S. The summed E-state index contributed by atoms with van der Waals surface area (Å²) < 4.78 is 37.4. The number of nitrogens with one attached hydrogen (secondary N) is 1. The van der Waals surface area contributed by atoms with E-state index in [9.17, 15) is 18.0 Å².